The monoisotopic (exact) mass is 210 g/mol. The molecule has 0 saturated heterocycles. The van der Waals surface area contributed by atoms with Crippen LogP contribution in [0.1, 0.15) is 12.5 Å². The summed E-state index contributed by atoms with van der Waals surface area (Å²) < 4.78 is 18.0. The molecular formula is C11H11FO3. The summed E-state index contributed by atoms with van der Waals surface area (Å²) in [5.41, 5.74) is 0.579. The first kappa shape index (κ1) is 11.2. The molecule has 0 aliphatic carbocycles. The number of methoxy groups -OCH3 is 1. The molecule has 0 aromatic heterocycles. The van der Waals surface area contributed by atoms with Gasteiger partial charge in [0, 0.05) is 0 Å². The van der Waals surface area contributed by atoms with Gasteiger partial charge in [0.2, 0.25) is 5.83 Å². The molecular weight excluding hydrogens is 199 g/mol. The van der Waals surface area contributed by atoms with Crippen molar-refractivity contribution in [2.45, 2.75) is 6.92 Å². The number of hydrogen-bond donors (Lipinski definition) is 1. The number of carboxylic acids is 1. The minimum Gasteiger partial charge on any atom is -0.497 e. The summed E-state index contributed by atoms with van der Waals surface area (Å²) >= 11 is 0. The molecule has 0 unspecified atom stereocenters. The number of carbonyl (C=O) groups is 1. The van der Waals surface area contributed by atoms with Crippen molar-refractivity contribution in [3.63, 3.8) is 0 Å². The van der Waals surface area contributed by atoms with Crippen LogP contribution in [0, 0.1) is 0 Å². The number of carboxylic acid groups (broad SMARTS) is 1. The van der Waals surface area contributed by atoms with E-state index in [4.69, 9.17) is 9.84 Å². The third-order valence-corrected chi connectivity index (χ3v) is 2.02. The molecule has 0 heterocycles. The minimum absolute atomic E-state index is 0.0846. The van der Waals surface area contributed by atoms with E-state index in [1.54, 1.807) is 24.3 Å². The summed E-state index contributed by atoms with van der Waals surface area (Å²) in [6, 6.07) is 6.58. The number of allylic oxidation sites excluding steroid dienone is 1. The molecule has 1 rings (SSSR count). The summed E-state index contributed by atoms with van der Waals surface area (Å²) in [4.78, 5) is 10.4. The lowest BCUT2D eigenvalue weighted by Gasteiger charge is -2.04. The van der Waals surface area contributed by atoms with Gasteiger partial charge in [0.25, 0.3) is 0 Å². The van der Waals surface area contributed by atoms with Gasteiger partial charge in [0.15, 0.2) is 0 Å². The van der Waals surface area contributed by atoms with Gasteiger partial charge in [-0.2, -0.15) is 4.39 Å². The Balaban J connectivity index is 3.16. The highest BCUT2D eigenvalue weighted by molar-refractivity contribution is 5.93. The number of benzene rings is 1. The molecule has 0 aliphatic heterocycles. The minimum atomic E-state index is -1.56. The van der Waals surface area contributed by atoms with Crippen molar-refractivity contribution < 1.29 is 19.0 Å². The summed E-state index contributed by atoms with van der Waals surface area (Å²) in [7, 11) is 1.49. The van der Waals surface area contributed by atoms with Crippen molar-refractivity contribution in [1.29, 1.82) is 0 Å². The molecule has 15 heavy (non-hydrogen) atoms. The Morgan fingerprint density at radius 2 is 2.13 bits per heavy atom. The highest BCUT2D eigenvalue weighted by atomic mass is 19.1. The summed E-state index contributed by atoms with van der Waals surface area (Å²) in [5.74, 6) is -2.15. The van der Waals surface area contributed by atoms with E-state index in [9.17, 15) is 9.18 Å². The Hall–Kier alpha value is -1.84. The zero-order chi connectivity index (χ0) is 11.4. The van der Waals surface area contributed by atoms with Crippen LogP contribution < -0.4 is 4.74 Å². The molecule has 0 bridgehead atoms. The summed E-state index contributed by atoms with van der Waals surface area (Å²) in [6.45, 7) is 1.41. The predicted octanol–water partition coefficient (Wildman–Crippen LogP) is 2.48. The second-order valence-electron chi connectivity index (χ2n) is 2.98. The molecule has 4 heteroatoms. The SMILES string of the molecule is COc1cccc(C(C)=C(F)C(=O)O)c1. The fourth-order valence-electron chi connectivity index (χ4n) is 1.14. The molecule has 0 aliphatic rings. The molecule has 0 saturated carbocycles. The zero-order valence-corrected chi connectivity index (χ0v) is 8.45. The van der Waals surface area contributed by atoms with Crippen LogP contribution in [0.3, 0.4) is 0 Å². The highest BCUT2D eigenvalue weighted by Gasteiger charge is 2.11. The average Bonchev–Trinajstić information content (AvgIpc) is 2.27. The topological polar surface area (TPSA) is 46.5 Å². The van der Waals surface area contributed by atoms with Crippen molar-refractivity contribution in [3.05, 3.63) is 35.7 Å². The lowest BCUT2D eigenvalue weighted by Crippen LogP contribution is -1.98. The van der Waals surface area contributed by atoms with Gasteiger partial charge in [-0.05, 0) is 30.2 Å². The van der Waals surface area contributed by atoms with E-state index in [-0.39, 0.29) is 5.57 Å². The standard InChI is InChI=1S/C11H11FO3/c1-7(10(12)11(13)14)8-4-3-5-9(6-8)15-2/h3-6H,1-2H3,(H,13,14). The number of halogens is 1. The van der Waals surface area contributed by atoms with E-state index in [1.165, 1.54) is 14.0 Å². The Morgan fingerprint density at radius 3 is 2.67 bits per heavy atom. The highest BCUT2D eigenvalue weighted by Crippen LogP contribution is 2.23. The fourth-order valence-corrected chi connectivity index (χ4v) is 1.14. The molecule has 0 atom stereocenters. The Bertz CT molecular complexity index is 410. The van der Waals surface area contributed by atoms with Gasteiger partial charge in [-0.1, -0.05) is 12.1 Å². The van der Waals surface area contributed by atoms with Crippen LogP contribution in [-0.4, -0.2) is 18.2 Å². The molecule has 0 radical (unpaired) electrons. The van der Waals surface area contributed by atoms with Gasteiger partial charge in [-0.3, -0.25) is 0 Å². The quantitative estimate of drug-likeness (QED) is 0.779. The van der Waals surface area contributed by atoms with E-state index in [1.807, 2.05) is 0 Å². The van der Waals surface area contributed by atoms with Gasteiger partial charge < -0.3 is 9.84 Å². The van der Waals surface area contributed by atoms with Crippen molar-refractivity contribution in [1.82, 2.24) is 0 Å². The van der Waals surface area contributed by atoms with Crippen LogP contribution >= 0.6 is 0 Å². The van der Waals surface area contributed by atoms with Crippen molar-refractivity contribution >= 4 is 11.5 Å². The van der Waals surface area contributed by atoms with E-state index in [0.29, 0.717) is 11.3 Å². The van der Waals surface area contributed by atoms with Gasteiger partial charge in [-0.15, -0.1) is 0 Å². The summed E-state index contributed by atoms with van der Waals surface area (Å²) in [5, 5.41) is 8.48. The third kappa shape index (κ3) is 2.56. The first-order valence-corrected chi connectivity index (χ1v) is 4.30. The summed E-state index contributed by atoms with van der Waals surface area (Å²) in [6.07, 6.45) is 0. The van der Waals surface area contributed by atoms with Crippen LogP contribution in [-0.2, 0) is 4.79 Å². The molecule has 0 spiro atoms. The van der Waals surface area contributed by atoms with E-state index >= 15 is 0 Å². The van der Waals surface area contributed by atoms with Crippen LogP contribution in [0.15, 0.2) is 30.1 Å². The Kier molecular flexibility index (Phi) is 3.44. The lowest BCUT2D eigenvalue weighted by molar-refractivity contribution is -0.134. The maximum absolute atomic E-state index is 13.1. The first-order valence-electron chi connectivity index (χ1n) is 4.30. The van der Waals surface area contributed by atoms with Gasteiger partial charge in [0.05, 0.1) is 7.11 Å². The number of hydrogen-bond acceptors (Lipinski definition) is 2. The number of aliphatic carboxylic acids is 1. The van der Waals surface area contributed by atoms with Gasteiger partial charge >= 0.3 is 5.97 Å². The average molecular weight is 210 g/mol. The molecule has 3 nitrogen and oxygen atoms in total. The van der Waals surface area contributed by atoms with Crippen LogP contribution in [0.25, 0.3) is 5.57 Å². The Morgan fingerprint density at radius 1 is 1.47 bits per heavy atom. The molecule has 80 valence electrons. The molecule has 1 aromatic carbocycles. The predicted molar refractivity (Wildman–Crippen MR) is 54.3 cm³/mol. The largest absolute Gasteiger partial charge is 0.497 e. The van der Waals surface area contributed by atoms with Crippen LogP contribution in [0.5, 0.6) is 5.75 Å². The molecule has 1 N–H and O–H groups in total. The number of rotatable bonds is 3. The normalized spacial score (nSPS) is 11.9. The second-order valence-corrected chi connectivity index (χ2v) is 2.98. The van der Waals surface area contributed by atoms with E-state index in [0.717, 1.165) is 0 Å². The van der Waals surface area contributed by atoms with Crippen molar-refractivity contribution in [2.75, 3.05) is 7.11 Å². The van der Waals surface area contributed by atoms with Crippen LogP contribution in [0.4, 0.5) is 4.39 Å². The van der Waals surface area contributed by atoms with Gasteiger partial charge in [0.1, 0.15) is 5.75 Å². The second kappa shape index (κ2) is 4.59. The number of ether oxygens (including phenoxy) is 1. The fraction of sp³-hybridized carbons (Fsp3) is 0.182. The molecule has 0 amide bonds. The van der Waals surface area contributed by atoms with Crippen molar-refractivity contribution in [2.24, 2.45) is 0 Å². The molecule has 0 fully saturated rings. The maximum atomic E-state index is 13.1. The van der Waals surface area contributed by atoms with E-state index < -0.39 is 11.8 Å². The van der Waals surface area contributed by atoms with Gasteiger partial charge in [-0.25, -0.2) is 4.79 Å². The van der Waals surface area contributed by atoms with Crippen LogP contribution in [0.2, 0.25) is 0 Å². The maximum Gasteiger partial charge on any atom is 0.365 e. The molecule has 1 aromatic rings. The Labute approximate surface area is 86.8 Å². The van der Waals surface area contributed by atoms with E-state index in [2.05, 4.69) is 0 Å². The first-order chi connectivity index (χ1) is 7.06. The third-order valence-electron chi connectivity index (χ3n) is 2.02. The smallest absolute Gasteiger partial charge is 0.365 e. The lowest BCUT2D eigenvalue weighted by atomic mass is 10.1. The van der Waals surface area contributed by atoms with Crippen molar-refractivity contribution in [3.8, 4) is 5.75 Å². The zero-order valence-electron chi connectivity index (χ0n) is 8.45.